The molecule has 0 bridgehead atoms. The summed E-state index contributed by atoms with van der Waals surface area (Å²) in [4.78, 5) is 15.0. The molecule has 1 heterocycles. The summed E-state index contributed by atoms with van der Waals surface area (Å²) < 4.78 is 19.7. The van der Waals surface area contributed by atoms with Crippen molar-refractivity contribution in [3.63, 3.8) is 0 Å². The van der Waals surface area contributed by atoms with Crippen molar-refractivity contribution in [2.45, 2.75) is 37.3 Å². The number of aryl methyl sites for hydroxylation is 1. The van der Waals surface area contributed by atoms with E-state index in [4.69, 9.17) is 9.84 Å². The Morgan fingerprint density at radius 3 is 2.88 bits per heavy atom. The molecule has 0 amide bonds. The third-order valence-corrected chi connectivity index (χ3v) is 5.31. The van der Waals surface area contributed by atoms with E-state index >= 15 is 0 Å². The van der Waals surface area contributed by atoms with Crippen LogP contribution in [0.25, 0.3) is 0 Å². The predicted molar refractivity (Wildman–Crippen MR) is 94.4 cm³/mol. The van der Waals surface area contributed by atoms with Crippen LogP contribution in [-0.2, 0) is 17.8 Å². The summed E-state index contributed by atoms with van der Waals surface area (Å²) in [6.45, 7) is 0.328. The van der Waals surface area contributed by atoms with Gasteiger partial charge in [0.1, 0.15) is 23.2 Å². The maximum Gasteiger partial charge on any atom is 0.303 e. The molecule has 1 saturated carbocycles. The van der Waals surface area contributed by atoms with Crippen molar-refractivity contribution < 1.29 is 19.0 Å². The SMILES string of the molecule is O=C(O)CCc1ccc(OCc2cccnc2SCC2CC2)cc1F. The molecule has 1 aliphatic carbocycles. The largest absolute Gasteiger partial charge is 0.489 e. The van der Waals surface area contributed by atoms with E-state index < -0.39 is 11.8 Å². The van der Waals surface area contributed by atoms with Crippen molar-refractivity contribution in [2.24, 2.45) is 5.92 Å². The minimum absolute atomic E-state index is 0.0889. The van der Waals surface area contributed by atoms with Crippen molar-refractivity contribution in [1.82, 2.24) is 4.98 Å². The number of aromatic nitrogens is 1. The number of carbonyl (C=O) groups is 1. The predicted octanol–water partition coefficient (Wildman–Crippen LogP) is 4.32. The number of carboxylic acid groups (broad SMARTS) is 1. The molecule has 3 rings (SSSR count). The van der Waals surface area contributed by atoms with Crippen LogP contribution in [0.1, 0.15) is 30.4 Å². The number of halogens is 1. The summed E-state index contributed by atoms with van der Waals surface area (Å²) in [7, 11) is 0. The molecule has 0 aliphatic heterocycles. The number of carboxylic acids is 1. The number of aliphatic carboxylic acids is 1. The molecule has 1 N–H and O–H groups in total. The normalized spacial score (nSPS) is 13.6. The number of ether oxygens (including phenoxy) is 1. The zero-order valence-electron chi connectivity index (χ0n) is 13.8. The Bertz CT molecular complexity index is 749. The van der Waals surface area contributed by atoms with E-state index in [1.165, 1.54) is 18.9 Å². The van der Waals surface area contributed by atoms with Gasteiger partial charge in [-0.1, -0.05) is 12.1 Å². The molecule has 25 heavy (non-hydrogen) atoms. The summed E-state index contributed by atoms with van der Waals surface area (Å²) >= 11 is 1.75. The van der Waals surface area contributed by atoms with E-state index in [0.29, 0.717) is 17.9 Å². The van der Waals surface area contributed by atoms with E-state index in [1.54, 1.807) is 30.1 Å². The first kappa shape index (κ1) is 17.7. The number of rotatable bonds is 9. The molecule has 1 aromatic carbocycles. The fourth-order valence-electron chi connectivity index (χ4n) is 2.37. The van der Waals surface area contributed by atoms with Gasteiger partial charge < -0.3 is 9.84 Å². The Hall–Kier alpha value is -2.08. The van der Waals surface area contributed by atoms with Crippen LogP contribution in [-0.4, -0.2) is 21.8 Å². The molecule has 0 atom stereocenters. The van der Waals surface area contributed by atoms with Gasteiger partial charge in [0.2, 0.25) is 0 Å². The van der Waals surface area contributed by atoms with Gasteiger partial charge in [-0.15, -0.1) is 11.8 Å². The highest BCUT2D eigenvalue weighted by molar-refractivity contribution is 7.99. The lowest BCUT2D eigenvalue weighted by atomic mass is 10.1. The molecule has 1 fully saturated rings. The number of benzene rings is 1. The lowest BCUT2D eigenvalue weighted by Gasteiger charge is -2.11. The smallest absolute Gasteiger partial charge is 0.303 e. The summed E-state index contributed by atoms with van der Waals surface area (Å²) in [5, 5.41) is 9.65. The minimum atomic E-state index is -0.937. The van der Waals surface area contributed by atoms with Gasteiger partial charge in [0.25, 0.3) is 0 Å². The zero-order chi connectivity index (χ0) is 17.6. The fourth-order valence-corrected chi connectivity index (χ4v) is 3.54. The lowest BCUT2D eigenvalue weighted by Crippen LogP contribution is -2.02. The van der Waals surface area contributed by atoms with Gasteiger partial charge in [-0.3, -0.25) is 4.79 Å². The molecular weight excluding hydrogens is 341 g/mol. The van der Waals surface area contributed by atoms with Crippen molar-refractivity contribution >= 4 is 17.7 Å². The van der Waals surface area contributed by atoms with Crippen LogP contribution in [0.15, 0.2) is 41.6 Å². The van der Waals surface area contributed by atoms with Crippen LogP contribution in [0.5, 0.6) is 5.75 Å². The van der Waals surface area contributed by atoms with E-state index in [0.717, 1.165) is 22.3 Å². The summed E-state index contributed by atoms with van der Waals surface area (Å²) in [5.41, 5.74) is 1.38. The monoisotopic (exact) mass is 361 g/mol. The molecule has 4 nitrogen and oxygen atoms in total. The van der Waals surface area contributed by atoms with E-state index in [1.807, 2.05) is 12.1 Å². The minimum Gasteiger partial charge on any atom is -0.489 e. The highest BCUT2D eigenvalue weighted by Crippen LogP contribution is 2.35. The molecule has 1 aliphatic rings. The Labute approximate surface area is 150 Å². The first-order valence-electron chi connectivity index (χ1n) is 8.31. The van der Waals surface area contributed by atoms with Crippen molar-refractivity contribution in [2.75, 3.05) is 5.75 Å². The van der Waals surface area contributed by atoms with Crippen molar-refractivity contribution in [3.05, 3.63) is 53.5 Å². The Morgan fingerprint density at radius 2 is 2.16 bits per heavy atom. The van der Waals surface area contributed by atoms with E-state index in [2.05, 4.69) is 4.98 Å². The molecule has 0 spiro atoms. The summed E-state index contributed by atoms with van der Waals surface area (Å²) in [5.74, 6) is 0.948. The van der Waals surface area contributed by atoms with Gasteiger partial charge in [-0.05, 0) is 42.9 Å². The Morgan fingerprint density at radius 1 is 1.32 bits per heavy atom. The first-order chi connectivity index (χ1) is 12.1. The average molecular weight is 361 g/mol. The van der Waals surface area contributed by atoms with Crippen LogP contribution >= 0.6 is 11.8 Å². The second-order valence-corrected chi connectivity index (χ2v) is 7.17. The number of nitrogens with zero attached hydrogens (tertiary/aromatic N) is 1. The van der Waals surface area contributed by atoms with Gasteiger partial charge in [0, 0.05) is 30.0 Å². The third kappa shape index (κ3) is 5.46. The second kappa shape index (κ2) is 8.34. The lowest BCUT2D eigenvalue weighted by molar-refractivity contribution is -0.136. The van der Waals surface area contributed by atoms with Crippen LogP contribution in [0.4, 0.5) is 4.39 Å². The van der Waals surface area contributed by atoms with Crippen molar-refractivity contribution in [1.29, 1.82) is 0 Å². The highest BCUT2D eigenvalue weighted by atomic mass is 32.2. The number of hydrogen-bond donors (Lipinski definition) is 1. The van der Waals surface area contributed by atoms with Gasteiger partial charge >= 0.3 is 5.97 Å². The van der Waals surface area contributed by atoms with Crippen LogP contribution in [0, 0.1) is 11.7 Å². The average Bonchev–Trinajstić information content (AvgIpc) is 3.42. The first-order valence-corrected chi connectivity index (χ1v) is 9.30. The molecule has 0 unspecified atom stereocenters. The van der Waals surface area contributed by atoms with Crippen LogP contribution < -0.4 is 4.74 Å². The van der Waals surface area contributed by atoms with Crippen molar-refractivity contribution in [3.8, 4) is 5.75 Å². The summed E-state index contributed by atoms with van der Waals surface area (Å²) in [6, 6.07) is 8.41. The summed E-state index contributed by atoms with van der Waals surface area (Å²) in [6.07, 6.45) is 4.47. The maximum absolute atomic E-state index is 14.0. The molecular formula is C19H20FNO3S. The van der Waals surface area contributed by atoms with Gasteiger partial charge in [-0.2, -0.15) is 0 Å². The number of thioether (sulfide) groups is 1. The molecule has 2 aromatic rings. The quantitative estimate of drug-likeness (QED) is 0.674. The molecule has 6 heteroatoms. The zero-order valence-corrected chi connectivity index (χ0v) is 14.6. The third-order valence-electron chi connectivity index (χ3n) is 4.03. The van der Waals surface area contributed by atoms with Gasteiger partial charge in [0.15, 0.2) is 0 Å². The molecule has 1 aromatic heterocycles. The van der Waals surface area contributed by atoms with E-state index in [-0.39, 0.29) is 12.8 Å². The Balaban J connectivity index is 1.59. The highest BCUT2D eigenvalue weighted by Gasteiger charge is 2.22. The standard InChI is InChI=1S/C19H20FNO3S/c20-17-10-16(7-5-14(17)6-8-18(22)23)24-11-15-2-1-9-21-19(15)25-12-13-3-4-13/h1-2,5,7,9-10,13H,3-4,6,8,11-12H2,(H,22,23). The van der Waals surface area contributed by atoms with Gasteiger partial charge in [-0.25, -0.2) is 9.37 Å². The molecule has 0 radical (unpaired) electrons. The topological polar surface area (TPSA) is 59.4 Å². The number of pyridine rings is 1. The van der Waals surface area contributed by atoms with Gasteiger partial charge in [0.05, 0.1) is 0 Å². The van der Waals surface area contributed by atoms with Crippen LogP contribution in [0.3, 0.4) is 0 Å². The van der Waals surface area contributed by atoms with E-state index in [9.17, 15) is 9.18 Å². The Kier molecular flexibility index (Phi) is 5.91. The van der Waals surface area contributed by atoms with Crippen LogP contribution in [0.2, 0.25) is 0 Å². The second-order valence-electron chi connectivity index (χ2n) is 6.16. The molecule has 132 valence electrons. The maximum atomic E-state index is 14.0. The fraction of sp³-hybridized carbons (Fsp3) is 0.368. The molecule has 0 saturated heterocycles. The number of hydrogen-bond acceptors (Lipinski definition) is 4.